The van der Waals surface area contributed by atoms with Crippen LogP contribution in [0.1, 0.15) is 87.7 Å². The highest BCUT2D eigenvalue weighted by molar-refractivity contribution is 5.97. The number of rotatable bonds is 6. The number of carboxylic acids is 1. The van der Waals surface area contributed by atoms with Crippen molar-refractivity contribution in [3.63, 3.8) is 0 Å². The molecule has 0 radical (unpaired) electrons. The standard InChI is InChI=1S/C32H35F2NO4/c1-3-32(33,34)31(38)15-14-27-25-12-10-22-16-23(35-39-18-28(36)37)11-13-24(22)29(25)26(17-30(27,31)2)21-8-6-20(7-9-21)19-4-5-19/h1,6-9,16,19,25-27,38H,4-5,10-15,17-18H2,2H3,(H,36,37)/t25-,26+,27-,30-,31-/m0/s1. The SMILES string of the molecule is C#CC(F)(F)[C@]1(O)CC[C@H]2[C@@H]3CCC4=CC(=NOCC(=O)O)CCC4=C3[C@@H](c3ccc(C4CC4)cc3)C[C@@]21C. The maximum atomic E-state index is 15.3. The van der Waals surface area contributed by atoms with Gasteiger partial charge in [-0.3, -0.25) is 0 Å². The first kappa shape index (κ1) is 26.3. The smallest absolute Gasteiger partial charge is 0.344 e. The van der Waals surface area contributed by atoms with Crippen LogP contribution in [0, 0.1) is 29.6 Å². The Hall–Kier alpha value is -2.98. The molecule has 7 heteroatoms. The number of oxime groups is 1. The maximum absolute atomic E-state index is 15.3. The third-order valence-corrected chi connectivity index (χ3v) is 10.4. The van der Waals surface area contributed by atoms with Crippen molar-refractivity contribution >= 4 is 11.7 Å². The summed E-state index contributed by atoms with van der Waals surface area (Å²) < 4.78 is 30.5. The van der Waals surface area contributed by atoms with E-state index in [4.69, 9.17) is 16.4 Å². The molecule has 5 aliphatic rings. The molecule has 2 N–H and O–H groups in total. The fourth-order valence-electron chi connectivity index (χ4n) is 8.27. The van der Waals surface area contributed by atoms with Crippen molar-refractivity contribution in [3.05, 3.63) is 58.2 Å². The lowest BCUT2D eigenvalue weighted by molar-refractivity contribution is -0.209. The maximum Gasteiger partial charge on any atom is 0.344 e. The Bertz CT molecular complexity index is 1320. The number of aliphatic hydroxyl groups is 1. The molecule has 39 heavy (non-hydrogen) atoms. The zero-order chi connectivity index (χ0) is 27.6. The summed E-state index contributed by atoms with van der Waals surface area (Å²) in [5, 5.41) is 24.6. The summed E-state index contributed by atoms with van der Waals surface area (Å²) in [7, 11) is 0. The predicted molar refractivity (Wildman–Crippen MR) is 143 cm³/mol. The third kappa shape index (κ3) is 4.14. The van der Waals surface area contributed by atoms with Crippen LogP contribution in [0.15, 0.2) is 52.2 Å². The number of allylic oxidation sites excluding steroid dienone is 4. The Labute approximate surface area is 228 Å². The van der Waals surface area contributed by atoms with Crippen molar-refractivity contribution in [2.24, 2.45) is 22.4 Å². The van der Waals surface area contributed by atoms with Gasteiger partial charge in [0.15, 0.2) is 0 Å². The Balaban J connectivity index is 1.43. The molecule has 0 aliphatic heterocycles. The average Bonchev–Trinajstić information content (AvgIpc) is 3.73. The molecule has 5 nitrogen and oxygen atoms in total. The summed E-state index contributed by atoms with van der Waals surface area (Å²) in [5.74, 6) is -2.49. The number of benzene rings is 1. The number of hydrogen-bond acceptors (Lipinski definition) is 4. The number of alkyl halides is 2. The lowest BCUT2D eigenvalue weighted by Gasteiger charge is -2.55. The van der Waals surface area contributed by atoms with E-state index in [-0.39, 0.29) is 24.2 Å². The number of aliphatic carboxylic acids is 1. The van der Waals surface area contributed by atoms with Crippen molar-refractivity contribution in [2.45, 2.75) is 88.1 Å². The summed E-state index contributed by atoms with van der Waals surface area (Å²) in [6.07, 6.45) is 13.6. The van der Waals surface area contributed by atoms with Crippen LogP contribution in [-0.4, -0.2) is 40.0 Å². The van der Waals surface area contributed by atoms with Crippen LogP contribution in [0.3, 0.4) is 0 Å². The molecule has 1 aromatic rings. The highest BCUT2D eigenvalue weighted by atomic mass is 19.3. The minimum atomic E-state index is -3.60. The fourth-order valence-corrected chi connectivity index (χ4v) is 8.27. The van der Waals surface area contributed by atoms with E-state index in [1.54, 1.807) is 5.92 Å². The second-order valence-corrected chi connectivity index (χ2v) is 12.3. The minimum Gasteiger partial charge on any atom is -0.479 e. The zero-order valence-electron chi connectivity index (χ0n) is 22.3. The van der Waals surface area contributed by atoms with Gasteiger partial charge in [-0.05, 0) is 110 Å². The number of carbonyl (C=O) groups is 1. The molecule has 6 rings (SSSR count). The molecule has 5 aliphatic carbocycles. The fraction of sp³-hybridized carbons (Fsp3) is 0.562. The topological polar surface area (TPSA) is 79.1 Å². The molecule has 5 atom stereocenters. The van der Waals surface area contributed by atoms with E-state index in [0.717, 1.165) is 30.5 Å². The van der Waals surface area contributed by atoms with Gasteiger partial charge in [0.1, 0.15) is 5.60 Å². The zero-order valence-corrected chi connectivity index (χ0v) is 22.3. The first-order valence-electron chi connectivity index (χ1n) is 14.1. The Morgan fingerprint density at radius 3 is 2.54 bits per heavy atom. The van der Waals surface area contributed by atoms with Gasteiger partial charge in [0.2, 0.25) is 6.61 Å². The molecular weight excluding hydrogens is 500 g/mol. The normalized spacial score (nSPS) is 35.0. The second kappa shape index (κ2) is 9.30. The Morgan fingerprint density at radius 2 is 1.87 bits per heavy atom. The summed E-state index contributed by atoms with van der Waals surface area (Å²) >= 11 is 0. The molecule has 0 amide bonds. The summed E-state index contributed by atoms with van der Waals surface area (Å²) in [5.41, 5.74) is 3.67. The first-order chi connectivity index (χ1) is 18.6. The largest absolute Gasteiger partial charge is 0.479 e. The predicted octanol–water partition coefficient (Wildman–Crippen LogP) is 6.35. The van der Waals surface area contributed by atoms with Gasteiger partial charge < -0.3 is 15.1 Å². The lowest BCUT2D eigenvalue weighted by atomic mass is 9.50. The van der Waals surface area contributed by atoms with Gasteiger partial charge in [-0.15, -0.1) is 6.42 Å². The van der Waals surface area contributed by atoms with Gasteiger partial charge in [-0.25, -0.2) is 4.79 Å². The molecule has 1 aromatic carbocycles. The molecule has 0 spiro atoms. The number of nitrogens with zero attached hydrogens (tertiary/aromatic N) is 1. The summed E-state index contributed by atoms with van der Waals surface area (Å²) in [4.78, 5) is 15.8. The van der Waals surface area contributed by atoms with E-state index in [1.807, 2.05) is 13.0 Å². The first-order valence-corrected chi connectivity index (χ1v) is 14.1. The van der Waals surface area contributed by atoms with Crippen LogP contribution in [0.2, 0.25) is 0 Å². The van der Waals surface area contributed by atoms with E-state index in [2.05, 4.69) is 29.4 Å². The number of halogens is 2. The second-order valence-electron chi connectivity index (χ2n) is 12.3. The van der Waals surface area contributed by atoms with Crippen LogP contribution in [0.5, 0.6) is 0 Å². The molecular formula is C32H35F2NO4. The average molecular weight is 536 g/mol. The van der Waals surface area contributed by atoms with Crippen LogP contribution in [0.4, 0.5) is 8.78 Å². The van der Waals surface area contributed by atoms with Gasteiger partial charge in [-0.1, -0.05) is 41.9 Å². The van der Waals surface area contributed by atoms with E-state index < -0.39 is 29.5 Å². The van der Waals surface area contributed by atoms with E-state index in [9.17, 15) is 9.90 Å². The van der Waals surface area contributed by atoms with Crippen molar-refractivity contribution in [1.29, 1.82) is 0 Å². The van der Waals surface area contributed by atoms with Crippen LogP contribution < -0.4 is 0 Å². The van der Waals surface area contributed by atoms with E-state index in [0.29, 0.717) is 25.2 Å². The molecule has 0 bridgehead atoms. The van der Waals surface area contributed by atoms with Crippen LogP contribution >= 0.6 is 0 Å². The number of fused-ring (bicyclic) bond motifs is 4. The van der Waals surface area contributed by atoms with Gasteiger partial charge >= 0.3 is 11.9 Å². The third-order valence-electron chi connectivity index (χ3n) is 10.4. The van der Waals surface area contributed by atoms with Gasteiger partial charge in [0, 0.05) is 11.3 Å². The van der Waals surface area contributed by atoms with Crippen molar-refractivity contribution in [1.82, 2.24) is 0 Å². The Morgan fingerprint density at radius 1 is 1.15 bits per heavy atom. The van der Waals surface area contributed by atoms with Crippen LogP contribution in [-0.2, 0) is 9.63 Å². The molecule has 206 valence electrons. The number of hydrogen-bond donors (Lipinski definition) is 2. The van der Waals surface area contributed by atoms with E-state index >= 15 is 8.78 Å². The van der Waals surface area contributed by atoms with E-state index in [1.165, 1.54) is 35.1 Å². The Kier molecular flexibility index (Phi) is 6.26. The van der Waals surface area contributed by atoms with Crippen LogP contribution in [0.25, 0.3) is 0 Å². The molecule has 0 aromatic heterocycles. The van der Waals surface area contributed by atoms with Crippen molar-refractivity contribution in [2.75, 3.05) is 6.61 Å². The van der Waals surface area contributed by atoms with Gasteiger partial charge in [0.05, 0.1) is 5.71 Å². The highest BCUT2D eigenvalue weighted by Gasteiger charge is 2.71. The molecule has 0 saturated heterocycles. The van der Waals surface area contributed by atoms with Crippen molar-refractivity contribution in [3.8, 4) is 12.3 Å². The molecule has 0 unspecified atom stereocenters. The highest BCUT2D eigenvalue weighted by Crippen LogP contribution is 2.69. The minimum absolute atomic E-state index is 0.00175. The molecule has 0 heterocycles. The molecule has 3 fully saturated rings. The monoisotopic (exact) mass is 535 g/mol. The van der Waals surface area contributed by atoms with Gasteiger partial charge in [-0.2, -0.15) is 8.78 Å². The van der Waals surface area contributed by atoms with Gasteiger partial charge in [0.25, 0.3) is 0 Å². The van der Waals surface area contributed by atoms with Crippen molar-refractivity contribution < 1.29 is 28.6 Å². The quantitative estimate of drug-likeness (QED) is 0.329. The molecule has 3 saturated carbocycles. The summed E-state index contributed by atoms with van der Waals surface area (Å²) in [6, 6.07) is 8.69. The summed E-state index contributed by atoms with van der Waals surface area (Å²) in [6.45, 7) is 1.37. The number of carboxylic acid groups (broad SMARTS) is 1. The lowest BCUT2D eigenvalue weighted by Crippen LogP contribution is -2.60. The number of terminal acetylenes is 1.